The first-order valence-corrected chi connectivity index (χ1v) is 10.2. The molecule has 0 atom stereocenters. The number of anilines is 1. The van der Waals surface area contributed by atoms with E-state index in [0.717, 1.165) is 48.1 Å². The average molecular weight is 375 g/mol. The molecule has 0 unspecified atom stereocenters. The largest absolute Gasteiger partial charge is 0.366 e. The highest BCUT2D eigenvalue weighted by atomic mass is 16.1. The van der Waals surface area contributed by atoms with Crippen LogP contribution < -0.4 is 11.1 Å². The molecule has 3 rings (SSSR count). The molecule has 0 spiro atoms. The van der Waals surface area contributed by atoms with E-state index in [2.05, 4.69) is 56.1 Å². The SMILES string of the molecule is C=CNc1c(CC)c(-c2ccc3c(c2)/C(=C/CCC)CC3)cc(C)c1C(N)=O. The van der Waals surface area contributed by atoms with Gasteiger partial charge in [-0.1, -0.05) is 51.1 Å². The second kappa shape index (κ2) is 8.47. The maximum Gasteiger partial charge on any atom is 0.251 e. The summed E-state index contributed by atoms with van der Waals surface area (Å²) in [6, 6.07) is 8.88. The zero-order chi connectivity index (χ0) is 20.3. The van der Waals surface area contributed by atoms with Crippen molar-refractivity contribution in [3.8, 4) is 11.1 Å². The number of carbonyl (C=O) groups is 1. The lowest BCUT2D eigenvalue weighted by Crippen LogP contribution is -2.17. The molecule has 0 fully saturated rings. The number of allylic oxidation sites excluding steroid dienone is 2. The van der Waals surface area contributed by atoms with Crippen LogP contribution in [0.2, 0.25) is 0 Å². The molecule has 2 aromatic rings. The van der Waals surface area contributed by atoms with Gasteiger partial charge in [0.25, 0.3) is 5.91 Å². The summed E-state index contributed by atoms with van der Waals surface area (Å²) >= 11 is 0. The number of nitrogens with two attached hydrogens (primary N) is 1. The normalized spacial score (nSPS) is 14.2. The summed E-state index contributed by atoms with van der Waals surface area (Å²) in [6.07, 6.45) is 9.33. The number of benzene rings is 2. The highest BCUT2D eigenvalue weighted by Crippen LogP contribution is 2.39. The second-order valence-electron chi connectivity index (χ2n) is 7.43. The summed E-state index contributed by atoms with van der Waals surface area (Å²) in [5, 5.41) is 3.17. The number of aryl methyl sites for hydroxylation is 2. The number of hydrogen-bond donors (Lipinski definition) is 2. The molecule has 0 saturated heterocycles. The van der Waals surface area contributed by atoms with Crippen LogP contribution in [-0.4, -0.2) is 5.91 Å². The standard InChI is InChI=1S/C25H30N2O/c1-5-8-9-17-10-11-18-12-13-19(15-21(17)18)22-14-16(4)23(25(26)28)24(27-7-3)20(22)6-2/h7,9,12-15,27H,3,5-6,8,10-11H2,1-2,4H3,(H2,26,28)/b17-9+. The monoisotopic (exact) mass is 374 g/mol. The minimum absolute atomic E-state index is 0.415. The van der Waals surface area contributed by atoms with Crippen LogP contribution in [0.4, 0.5) is 5.69 Å². The van der Waals surface area contributed by atoms with Crippen molar-refractivity contribution in [2.24, 2.45) is 5.73 Å². The van der Waals surface area contributed by atoms with E-state index in [1.165, 1.54) is 28.7 Å². The molecule has 0 saturated carbocycles. The van der Waals surface area contributed by atoms with Crippen molar-refractivity contribution in [3.63, 3.8) is 0 Å². The predicted octanol–water partition coefficient (Wildman–Crippen LogP) is 6.01. The first kappa shape index (κ1) is 19.9. The van der Waals surface area contributed by atoms with Crippen LogP contribution >= 0.6 is 0 Å². The van der Waals surface area contributed by atoms with E-state index < -0.39 is 5.91 Å². The molecule has 1 amide bonds. The van der Waals surface area contributed by atoms with Gasteiger partial charge in [0.05, 0.1) is 11.3 Å². The maximum atomic E-state index is 12.1. The van der Waals surface area contributed by atoms with Crippen molar-refractivity contribution in [1.29, 1.82) is 0 Å². The topological polar surface area (TPSA) is 55.1 Å². The number of hydrogen-bond acceptors (Lipinski definition) is 2. The smallest absolute Gasteiger partial charge is 0.251 e. The highest BCUT2D eigenvalue weighted by Gasteiger charge is 2.21. The minimum Gasteiger partial charge on any atom is -0.366 e. The van der Waals surface area contributed by atoms with E-state index in [9.17, 15) is 4.79 Å². The molecular formula is C25H30N2O. The molecular weight excluding hydrogens is 344 g/mol. The molecule has 0 aromatic heterocycles. The van der Waals surface area contributed by atoms with Gasteiger partial charge in [0.1, 0.15) is 0 Å². The van der Waals surface area contributed by atoms with Gasteiger partial charge in [0.2, 0.25) is 0 Å². The molecule has 3 nitrogen and oxygen atoms in total. The Balaban J connectivity index is 2.20. The molecule has 1 aliphatic carbocycles. The molecule has 0 bridgehead atoms. The van der Waals surface area contributed by atoms with Crippen LogP contribution in [0.25, 0.3) is 16.7 Å². The van der Waals surface area contributed by atoms with Crippen molar-refractivity contribution >= 4 is 17.2 Å². The lowest BCUT2D eigenvalue weighted by Gasteiger charge is -2.20. The second-order valence-corrected chi connectivity index (χ2v) is 7.43. The van der Waals surface area contributed by atoms with Gasteiger partial charge in [-0.2, -0.15) is 0 Å². The fraction of sp³-hybridized carbons (Fsp3) is 0.320. The van der Waals surface area contributed by atoms with E-state index in [1.807, 2.05) is 6.92 Å². The molecule has 2 aromatic carbocycles. The molecule has 0 radical (unpaired) electrons. The fourth-order valence-electron chi connectivity index (χ4n) is 4.26. The van der Waals surface area contributed by atoms with E-state index in [4.69, 9.17) is 5.73 Å². The van der Waals surface area contributed by atoms with Crippen LogP contribution in [0, 0.1) is 6.92 Å². The van der Waals surface area contributed by atoms with E-state index in [1.54, 1.807) is 6.20 Å². The zero-order valence-electron chi connectivity index (χ0n) is 17.2. The summed E-state index contributed by atoms with van der Waals surface area (Å²) in [4.78, 5) is 12.1. The average Bonchev–Trinajstić information content (AvgIpc) is 3.08. The van der Waals surface area contributed by atoms with Crippen molar-refractivity contribution in [2.75, 3.05) is 5.32 Å². The van der Waals surface area contributed by atoms with Gasteiger partial charge in [-0.3, -0.25) is 4.79 Å². The van der Waals surface area contributed by atoms with E-state index in [-0.39, 0.29) is 0 Å². The third-order valence-corrected chi connectivity index (χ3v) is 5.59. The van der Waals surface area contributed by atoms with Gasteiger partial charge < -0.3 is 11.1 Å². The summed E-state index contributed by atoms with van der Waals surface area (Å²) < 4.78 is 0. The Hall–Kier alpha value is -2.81. The number of unbranched alkanes of at least 4 members (excludes halogenated alkanes) is 1. The molecule has 3 heteroatoms. The Morgan fingerprint density at radius 1 is 1.21 bits per heavy atom. The van der Waals surface area contributed by atoms with Gasteiger partial charge in [-0.05, 0) is 83.8 Å². The molecule has 28 heavy (non-hydrogen) atoms. The molecule has 0 heterocycles. The van der Waals surface area contributed by atoms with Gasteiger partial charge in [0.15, 0.2) is 0 Å². The third kappa shape index (κ3) is 3.62. The number of rotatable bonds is 7. The lowest BCUT2D eigenvalue weighted by molar-refractivity contribution is 0.100. The van der Waals surface area contributed by atoms with Gasteiger partial charge in [-0.25, -0.2) is 0 Å². The Kier molecular flexibility index (Phi) is 6.03. The number of carbonyl (C=O) groups excluding carboxylic acids is 1. The fourth-order valence-corrected chi connectivity index (χ4v) is 4.26. The van der Waals surface area contributed by atoms with Gasteiger partial charge >= 0.3 is 0 Å². The number of amides is 1. The summed E-state index contributed by atoms with van der Waals surface area (Å²) in [5.74, 6) is -0.415. The van der Waals surface area contributed by atoms with Crippen molar-refractivity contribution in [3.05, 3.63) is 70.9 Å². The van der Waals surface area contributed by atoms with Gasteiger partial charge in [-0.15, -0.1) is 0 Å². The Labute approximate surface area is 168 Å². The Morgan fingerprint density at radius 3 is 2.64 bits per heavy atom. The van der Waals surface area contributed by atoms with Crippen LogP contribution in [0.15, 0.2) is 43.1 Å². The molecule has 1 aliphatic rings. The van der Waals surface area contributed by atoms with E-state index >= 15 is 0 Å². The third-order valence-electron chi connectivity index (χ3n) is 5.59. The van der Waals surface area contributed by atoms with Crippen LogP contribution in [0.1, 0.15) is 65.7 Å². The lowest BCUT2D eigenvalue weighted by atomic mass is 9.89. The highest BCUT2D eigenvalue weighted by molar-refractivity contribution is 6.02. The molecule has 3 N–H and O–H groups in total. The number of primary amides is 1. The first-order chi connectivity index (χ1) is 13.5. The van der Waals surface area contributed by atoms with Crippen LogP contribution in [0.5, 0.6) is 0 Å². The Bertz CT molecular complexity index is 954. The van der Waals surface area contributed by atoms with E-state index in [0.29, 0.717) is 5.56 Å². The molecule has 0 aliphatic heterocycles. The summed E-state index contributed by atoms with van der Waals surface area (Å²) in [6.45, 7) is 10.0. The summed E-state index contributed by atoms with van der Waals surface area (Å²) in [5.41, 5.74) is 15.6. The molecule has 146 valence electrons. The van der Waals surface area contributed by atoms with Crippen LogP contribution in [-0.2, 0) is 12.8 Å². The maximum absolute atomic E-state index is 12.1. The quantitative estimate of drug-likeness (QED) is 0.623. The van der Waals surface area contributed by atoms with Gasteiger partial charge in [0, 0.05) is 0 Å². The minimum atomic E-state index is -0.415. The summed E-state index contributed by atoms with van der Waals surface area (Å²) in [7, 11) is 0. The zero-order valence-corrected chi connectivity index (χ0v) is 17.2. The predicted molar refractivity (Wildman–Crippen MR) is 120 cm³/mol. The van der Waals surface area contributed by atoms with Crippen LogP contribution in [0.3, 0.4) is 0 Å². The number of fused-ring (bicyclic) bond motifs is 1. The Morgan fingerprint density at radius 2 is 2.00 bits per heavy atom. The van der Waals surface area contributed by atoms with Crippen molar-refractivity contribution in [2.45, 2.75) is 52.9 Å². The van der Waals surface area contributed by atoms with Crippen molar-refractivity contribution < 1.29 is 4.79 Å². The van der Waals surface area contributed by atoms with Crippen molar-refractivity contribution in [1.82, 2.24) is 0 Å². The number of nitrogens with one attached hydrogen (secondary N) is 1. The first-order valence-electron chi connectivity index (χ1n) is 10.2.